The van der Waals surface area contributed by atoms with E-state index in [1.165, 1.54) is 0 Å². The third kappa shape index (κ3) is 3.57. The van der Waals surface area contributed by atoms with E-state index in [2.05, 4.69) is 14.9 Å². The van der Waals surface area contributed by atoms with Crippen LogP contribution in [0.1, 0.15) is 22.6 Å². The maximum Gasteiger partial charge on any atom is 0.184 e. The molecule has 1 saturated heterocycles. The van der Waals surface area contributed by atoms with Gasteiger partial charge in [-0.15, -0.1) is 0 Å². The molecule has 0 aliphatic carbocycles. The summed E-state index contributed by atoms with van der Waals surface area (Å²) in [5, 5.41) is 0. The summed E-state index contributed by atoms with van der Waals surface area (Å²) in [6, 6.07) is 0. The lowest BCUT2D eigenvalue weighted by Gasteiger charge is -2.26. The molecule has 5 heteroatoms. The highest BCUT2D eigenvalue weighted by molar-refractivity contribution is 5.93. The van der Waals surface area contributed by atoms with E-state index >= 15 is 0 Å². The summed E-state index contributed by atoms with van der Waals surface area (Å²) < 4.78 is 5.26. The van der Waals surface area contributed by atoms with Crippen molar-refractivity contribution in [2.45, 2.75) is 13.3 Å². The first-order valence-corrected chi connectivity index (χ1v) is 5.87. The molecule has 1 aromatic rings. The van der Waals surface area contributed by atoms with Crippen molar-refractivity contribution >= 4 is 5.78 Å². The molecule has 1 aromatic heterocycles. The number of ketones is 1. The van der Waals surface area contributed by atoms with Crippen LogP contribution in [-0.4, -0.2) is 53.5 Å². The highest BCUT2D eigenvalue weighted by atomic mass is 16.5. The SMILES string of the molecule is Cc1cnc(C(=O)CCN2CCOCC2)cn1. The average Bonchev–Trinajstić information content (AvgIpc) is 2.38. The topological polar surface area (TPSA) is 55.3 Å². The molecule has 2 rings (SSSR count). The molecular weight excluding hydrogens is 218 g/mol. The Bertz CT molecular complexity index is 372. The standard InChI is InChI=1S/C12H17N3O2/c1-10-8-14-11(9-13-10)12(16)2-3-15-4-6-17-7-5-15/h8-9H,2-7H2,1H3. The number of carbonyl (C=O) groups is 1. The van der Waals surface area contributed by atoms with E-state index < -0.39 is 0 Å². The minimum Gasteiger partial charge on any atom is -0.379 e. The van der Waals surface area contributed by atoms with E-state index in [4.69, 9.17) is 4.74 Å². The Balaban J connectivity index is 1.82. The van der Waals surface area contributed by atoms with E-state index in [1.807, 2.05) is 6.92 Å². The highest BCUT2D eigenvalue weighted by Crippen LogP contribution is 2.03. The lowest BCUT2D eigenvalue weighted by atomic mass is 10.2. The maximum absolute atomic E-state index is 11.8. The molecule has 17 heavy (non-hydrogen) atoms. The van der Waals surface area contributed by atoms with Crippen molar-refractivity contribution in [3.05, 3.63) is 23.8 Å². The first-order valence-electron chi connectivity index (χ1n) is 5.87. The van der Waals surface area contributed by atoms with Crippen LogP contribution < -0.4 is 0 Å². The zero-order chi connectivity index (χ0) is 12.1. The third-order valence-electron chi connectivity index (χ3n) is 2.83. The Morgan fingerprint density at radius 1 is 1.35 bits per heavy atom. The van der Waals surface area contributed by atoms with Crippen LogP contribution >= 0.6 is 0 Å². The van der Waals surface area contributed by atoms with Gasteiger partial charge in [0, 0.05) is 32.3 Å². The second kappa shape index (κ2) is 5.84. The van der Waals surface area contributed by atoms with Crippen LogP contribution in [0.2, 0.25) is 0 Å². The van der Waals surface area contributed by atoms with E-state index in [1.54, 1.807) is 12.4 Å². The highest BCUT2D eigenvalue weighted by Gasteiger charge is 2.13. The van der Waals surface area contributed by atoms with Crippen LogP contribution in [0.25, 0.3) is 0 Å². The molecule has 1 aliphatic heterocycles. The van der Waals surface area contributed by atoms with Crippen molar-refractivity contribution in [2.24, 2.45) is 0 Å². The molecule has 0 radical (unpaired) electrons. The number of ether oxygens (including phenoxy) is 1. The summed E-state index contributed by atoms with van der Waals surface area (Å²) in [6.45, 7) is 5.98. The average molecular weight is 235 g/mol. The van der Waals surface area contributed by atoms with Gasteiger partial charge in [0.05, 0.1) is 25.1 Å². The number of aryl methyl sites for hydroxylation is 1. The van der Waals surface area contributed by atoms with Crippen LogP contribution in [-0.2, 0) is 4.74 Å². The number of morpholine rings is 1. The zero-order valence-electron chi connectivity index (χ0n) is 10.1. The maximum atomic E-state index is 11.8. The summed E-state index contributed by atoms with van der Waals surface area (Å²) in [5.41, 5.74) is 1.29. The fourth-order valence-electron chi connectivity index (χ4n) is 1.75. The number of hydrogen-bond donors (Lipinski definition) is 0. The first-order chi connectivity index (χ1) is 8.25. The minimum absolute atomic E-state index is 0.0593. The van der Waals surface area contributed by atoms with Gasteiger partial charge in [-0.05, 0) is 6.92 Å². The molecule has 0 aromatic carbocycles. The second-order valence-electron chi connectivity index (χ2n) is 4.17. The van der Waals surface area contributed by atoms with Crippen LogP contribution in [0.15, 0.2) is 12.4 Å². The molecule has 0 atom stereocenters. The summed E-state index contributed by atoms with van der Waals surface area (Å²) in [6.07, 6.45) is 3.68. The Labute approximate surface area is 101 Å². The molecule has 1 aliphatic rings. The molecule has 0 N–H and O–H groups in total. The molecule has 92 valence electrons. The van der Waals surface area contributed by atoms with Gasteiger partial charge in [-0.2, -0.15) is 0 Å². The summed E-state index contributed by atoms with van der Waals surface area (Å²) >= 11 is 0. The Hall–Kier alpha value is -1.33. The van der Waals surface area contributed by atoms with Gasteiger partial charge in [-0.25, -0.2) is 4.98 Å². The van der Waals surface area contributed by atoms with Crippen molar-refractivity contribution < 1.29 is 9.53 Å². The van der Waals surface area contributed by atoms with E-state index in [0.29, 0.717) is 12.1 Å². The summed E-state index contributed by atoms with van der Waals surface area (Å²) in [5.74, 6) is 0.0593. The Morgan fingerprint density at radius 3 is 2.76 bits per heavy atom. The molecule has 0 bridgehead atoms. The van der Waals surface area contributed by atoms with Gasteiger partial charge in [0.15, 0.2) is 5.78 Å². The fraction of sp³-hybridized carbons (Fsp3) is 0.583. The van der Waals surface area contributed by atoms with Gasteiger partial charge in [-0.1, -0.05) is 0 Å². The molecular formula is C12H17N3O2. The van der Waals surface area contributed by atoms with Crippen molar-refractivity contribution in [3.63, 3.8) is 0 Å². The Morgan fingerprint density at radius 2 is 2.12 bits per heavy atom. The molecule has 2 heterocycles. The zero-order valence-corrected chi connectivity index (χ0v) is 10.1. The number of hydrogen-bond acceptors (Lipinski definition) is 5. The monoisotopic (exact) mass is 235 g/mol. The van der Waals surface area contributed by atoms with Crippen LogP contribution in [0.3, 0.4) is 0 Å². The van der Waals surface area contributed by atoms with Crippen molar-refractivity contribution in [3.8, 4) is 0 Å². The third-order valence-corrected chi connectivity index (χ3v) is 2.83. The molecule has 5 nitrogen and oxygen atoms in total. The smallest absolute Gasteiger partial charge is 0.184 e. The van der Waals surface area contributed by atoms with E-state index in [9.17, 15) is 4.79 Å². The van der Waals surface area contributed by atoms with Crippen molar-refractivity contribution in [1.82, 2.24) is 14.9 Å². The van der Waals surface area contributed by atoms with Crippen molar-refractivity contribution in [2.75, 3.05) is 32.8 Å². The predicted molar refractivity (Wildman–Crippen MR) is 63.0 cm³/mol. The molecule has 0 saturated carbocycles. The quantitative estimate of drug-likeness (QED) is 0.719. The lowest BCUT2D eigenvalue weighted by Crippen LogP contribution is -2.37. The van der Waals surface area contributed by atoms with Gasteiger partial charge in [0.2, 0.25) is 0 Å². The fourth-order valence-corrected chi connectivity index (χ4v) is 1.75. The van der Waals surface area contributed by atoms with E-state index in [-0.39, 0.29) is 5.78 Å². The number of carbonyl (C=O) groups excluding carboxylic acids is 1. The van der Waals surface area contributed by atoms with Gasteiger partial charge in [-0.3, -0.25) is 14.7 Å². The summed E-state index contributed by atoms with van der Waals surface area (Å²) in [4.78, 5) is 22.2. The number of nitrogens with zero attached hydrogens (tertiary/aromatic N) is 3. The minimum atomic E-state index is 0.0593. The van der Waals surface area contributed by atoms with E-state index in [0.717, 1.165) is 38.5 Å². The van der Waals surface area contributed by atoms with Gasteiger partial charge in [0.1, 0.15) is 5.69 Å². The van der Waals surface area contributed by atoms with Gasteiger partial charge >= 0.3 is 0 Å². The molecule has 1 fully saturated rings. The van der Waals surface area contributed by atoms with Gasteiger partial charge < -0.3 is 4.74 Å². The molecule has 0 amide bonds. The molecule has 0 spiro atoms. The van der Waals surface area contributed by atoms with Crippen LogP contribution in [0.5, 0.6) is 0 Å². The normalized spacial score (nSPS) is 17.0. The summed E-state index contributed by atoms with van der Waals surface area (Å²) in [7, 11) is 0. The number of Topliss-reactive ketones (excluding diaryl/α,β-unsaturated/α-hetero) is 1. The van der Waals surface area contributed by atoms with Crippen LogP contribution in [0.4, 0.5) is 0 Å². The predicted octanol–water partition coefficient (Wildman–Crippen LogP) is 0.690. The first kappa shape index (κ1) is 12.1. The lowest BCUT2D eigenvalue weighted by molar-refractivity contribution is 0.0369. The number of rotatable bonds is 4. The van der Waals surface area contributed by atoms with Crippen molar-refractivity contribution in [1.29, 1.82) is 0 Å². The van der Waals surface area contributed by atoms with Gasteiger partial charge in [0.25, 0.3) is 0 Å². The largest absolute Gasteiger partial charge is 0.379 e. The second-order valence-corrected chi connectivity index (χ2v) is 4.17. The number of aromatic nitrogens is 2. The van der Waals surface area contributed by atoms with Crippen LogP contribution in [0, 0.1) is 6.92 Å². The Kier molecular flexibility index (Phi) is 4.17. The molecule has 0 unspecified atom stereocenters.